The van der Waals surface area contributed by atoms with Crippen molar-refractivity contribution in [1.82, 2.24) is 4.90 Å². The average molecular weight is 292 g/mol. The van der Waals surface area contributed by atoms with Gasteiger partial charge >= 0.3 is 0 Å². The minimum Gasteiger partial charge on any atom is -0.492 e. The summed E-state index contributed by atoms with van der Waals surface area (Å²) < 4.78 is 5.75. The Bertz CT molecular complexity index is 413. The molecule has 2 rings (SSSR count). The standard InChI is InChI=1S/C17H28N2O2/c1-19(14-17(20)9-2-3-10-17)12-13-21-16-6-4-15(5-7-16)8-11-18/h4-7,20H,2-3,8-14,18H2,1H3. The predicted octanol–water partition coefficient (Wildman–Crippen LogP) is 1.80. The number of likely N-dealkylation sites (N-methyl/N-ethyl adjacent to an activating group) is 1. The first-order valence-corrected chi connectivity index (χ1v) is 7.94. The summed E-state index contributed by atoms with van der Waals surface area (Å²) in [7, 11) is 2.05. The van der Waals surface area contributed by atoms with Crippen molar-refractivity contribution in [2.75, 3.05) is 33.3 Å². The topological polar surface area (TPSA) is 58.7 Å². The Balaban J connectivity index is 1.68. The van der Waals surface area contributed by atoms with Crippen LogP contribution >= 0.6 is 0 Å². The highest BCUT2D eigenvalue weighted by Crippen LogP contribution is 2.29. The van der Waals surface area contributed by atoms with Crippen molar-refractivity contribution in [3.05, 3.63) is 29.8 Å². The van der Waals surface area contributed by atoms with Gasteiger partial charge in [-0.15, -0.1) is 0 Å². The fourth-order valence-corrected chi connectivity index (χ4v) is 3.01. The molecule has 1 aromatic rings. The van der Waals surface area contributed by atoms with Crippen molar-refractivity contribution in [2.24, 2.45) is 5.73 Å². The largest absolute Gasteiger partial charge is 0.492 e. The molecule has 0 heterocycles. The number of nitrogens with two attached hydrogens (primary N) is 1. The summed E-state index contributed by atoms with van der Waals surface area (Å²) in [5.41, 5.74) is 6.30. The Morgan fingerprint density at radius 1 is 1.24 bits per heavy atom. The Labute approximate surface area is 127 Å². The molecule has 1 fully saturated rings. The van der Waals surface area contributed by atoms with Gasteiger partial charge in [-0.05, 0) is 50.6 Å². The van der Waals surface area contributed by atoms with Crippen LogP contribution in [0.4, 0.5) is 0 Å². The molecule has 0 amide bonds. The highest BCUT2D eigenvalue weighted by molar-refractivity contribution is 5.27. The highest BCUT2D eigenvalue weighted by Gasteiger charge is 2.31. The normalized spacial score (nSPS) is 17.3. The van der Waals surface area contributed by atoms with Crippen LogP contribution in [0.3, 0.4) is 0 Å². The number of hydrogen-bond donors (Lipinski definition) is 2. The number of hydrogen-bond acceptors (Lipinski definition) is 4. The first-order valence-electron chi connectivity index (χ1n) is 7.94. The van der Waals surface area contributed by atoms with Gasteiger partial charge in [0, 0.05) is 13.1 Å². The van der Waals surface area contributed by atoms with E-state index in [1.54, 1.807) is 0 Å². The van der Waals surface area contributed by atoms with Crippen molar-refractivity contribution in [3.63, 3.8) is 0 Å². The zero-order valence-electron chi connectivity index (χ0n) is 13.1. The lowest BCUT2D eigenvalue weighted by molar-refractivity contribution is 0.0139. The fraction of sp³-hybridized carbons (Fsp3) is 0.647. The van der Waals surface area contributed by atoms with Crippen molar-refractivity contribution < 1.29 is 9.84 Å². The lowest BCUT2D eigenvalue weighted by Crippen LogP contribution is -2.40. The average Bonchev–Trinajstić information content (AvgIpc) is 2.87. The Kier molecular flexibility index (Phi) is 6.03. The molecule has 0 spiro atoms. The third-order valence-electron chi connectivity index (χ3n) is 4.20. The summed E-state index contributed by atoms with van der Waals surface area (Å²) >= 11 is 0. The predicted molar refractivity (Wildman–Crippen MR) is 85.6 cm³/mol. The van der Waals surface area contributed by atoms with Crippen molar-refractivity contribution >= 4 is 0 Å². The Morgan fingerprint density at radius 3 is 2.52 bits per heavy atom. The van der Waals surface area contributed by atoms with E-state index in [0.717, 1.165) is 50.9 Å². The van der Waals surface area contributed by atoms with Crippen molar-refractivity contribution in [3.8, 4) is 5.75 Å². The summed E-state index contributed by atoms with van der Waals surface area (Å²) in [6.45, 7) is 2.88. The van der Waals surface area contributed by atoms with Crippen LogP contribution in [0.1, 0.15) is 31.2 Å². The Hall–Kier alpha value is -1.10. The van der Waals surface area contributed by atoms with E-state index in [-0.39, 0.29) is 0 Å². The van der Waals surface area contributed by atoms with Gasteiger partial charge in [0.25, 0.3) is 0 Å². The molecule has 4 heteroatoms. The molecule has 1 aromatic carbocycles. The molecule has 0 atom stereocenters. The monoisotopic (exact) mass is 292 g/mol. The summed E-state index contributed by atoms with van der Waals surface area (Å²) in [5.74, 6) is 0.892. The molecule has 0 bridgehead atoms. The number of rotatable bonds is 8. The van der Waals surface area contributed by atoms with E-state index in [0.29, 0.717) is 13.2 Å². The Morgan fingerprint density at radius 2 is 1.90 bits per heavy atom. The number of ether oxygens (including phenoxy) is 1. The summed E-state index contributed by atoms with van der Waals surface area (Å²) in [6, 6.07) is 8.12. The second-order valence-corrected chi connectivity index (χ2v) is 6.20. The maximum absolute atomic E-state index is 10.4. The number of nitrogens with zero attached hydrogens (tertiary/aromatic N) is 1. The zero-order chi connectivity index (χ0) is 15.1. The van der Waals surface area contributed by atoms with E-state index in [2.05, 4.69) is 17.0 Å². The third kappa shape index (κ3) is 5.30. The van der Waals surface area contributed by atoms with Gasteiger partial charge in [0.15, 0.2) is 0 Å². The van der Waals surface area contributed by atoms with E-state index in [4.69, 9.17) is 10.5 Å². The fourth-order valence-electron chi connectivity index (χ4n) is 3.01. The van der Waals surface area contributed by atoms with Crippen molar-refractivity contribution in [2.45, 2.75) is 37.7 Å². The van der Waals surface area contributed by atoms with Crippen LogP contribution in [0.2, 0.25) is 0 Å². The molecule has 0 aromatic heterocycles. The molecule has 21 heavy (non-hydrogen) atoms. The number of aliphatic hydroxyl groups is 1. The second kappa shape index (κ2) is 7.78. The molecule has 1 saturated carbocycles. The molecule has 1 aliphatic carbocycles. The van der Waals surface area contributed by atoms with Gasteiger partial charge < -0.3 is 20.5 Å². The highest BCUT2D eigenvalue weighted by atomic mass is 16.5. The maximum atomic E-state index is 10.4. The van der Waals surface area contributed by atoms with Crippen LogP contribution in [-0.4, -0.2) is 48.9 Å². The molecule has 118 valence electrons. The van der Waals surface area contributed by atoms with E-state index < -0.39 is 5.60 Å². The first kappa shape index (κ1) is 16.3. The summed E-state index contributed by atoms with van der Waals surface area (Å²) in [6.07, 6.45) is 5.06. The maximum Gasteiger partial charge on any atom is 0.119 e. The molecule has 0 unspecified atom stereocenters. The second-order valence-electron chi connectivity index (χ2n) is 6.20. The first-order chi connectivity index (χ1) is 10.1. The third-order valence-corrected chi connectivity index (χ3v) is 4.20. The molecule has 0 aliphatic heterocycles. The van der Waals surface area contributed by atoms with Crippen LogP contribution < -0.4 is 10.5 Å². The SMILES string of the molecule is CN(CCOc1ccc(CCN)cc1)CC1(O)CCCC1. The quantitative estimate of drug-likeness (QED) is 0.767. The van der Waals surface area contributed by atoms with E-state index in [1.807, 2.05) is 19.2 Å². The lowest BCUT2D eigenvalue weighted by Gasteiger charge is -2.28. The zero-order valence-corrected chi connectivity index (χ0v) is 13.1. The van der Waals surface area contributed by atoms with Crippen LogP contribution in [0.25, 0.3) is 0 Å². The van der Waals surface area contributed by atoms with Crippen LogP contribution in [0.5, 0.6) is 5.75 Å². The van der Waals surface area contributed by atoms with Crippen molar-refractivity contribution in [1.29, 1.82) is 0 Å². The van der Waals surface area contributed by atoms with Crippen LogP contribution in [0, 0.1) is 0 Å². The smallest absolute Gasteiger partial charge is 0.119 e. The van der Waals surface area contributed by atoms with Gasteiger partial charge in [0.05, 0.1) is 5.60 Å². The van der Waals surface area contributed by atoms with Crippen LogP contribution in [-0.2, 0) is 6.42 Å². The van der Waals surface area contributed by atoms with Crippen LogP contribution in [0.15, 0.2) is 24.3 Å². The molecule has 0 saturated heterocycles. The van der Waals surface area contributed by atoms with E-state index in [9.17, 15) is 5.11 Å². The summed E-state index contributed by atoms with van der Waals surface area (Å²) in [4.78, 5) is 2.16. The van der Waals surface area contributed by atoms with Gasteiger partial charge in [-0.3, -0.25) is 0 Å². The molecule has 4 nitrogen and oxygen atoms in total. The van der Waals surface area contributed by atoms with Gasteiger partial charge in [0.2, 0.25) is 0 Å². The minimum atomic E-state index is -0.474. The molecule has 3 N–H and O–H groups in total. The molecular weight excluding hydrogens is 264 g/mol. The van der Waals surface area contributed by atoms with E-state index in [1.165, 1.54) is 5.56 Å². The molecule has 0 radical (unpaired) electrons. The molecule has 1 aliphatic rings. The van der Waals surface area contributed by atoms with Gasteiger partial charge in [-0.25, -0.2) is 0 Å². The van der Waals surface area contributed by atoms with Gasteiger partial charge in [-0.1, -0.05) is 25.0 Å². The summed E-state index contributed by atoms with van der Waals surface area (Å²) in [5, 5.41) is 10.4. The molecular formula is C17H28N2O2. The van der Waals surface area contributed by atoms with Gasteiger partial charge in [0.1, 0.15) is 12.4 Å². The van der Waals surface area contributed by atoms with Gasteiger partial charge in [-0.2, -0.15) is 0 Å². The van der Waals surface area contributed by atoms with E-state index >= 15 is 0 Å². The number of benzene rings is 1. The minimum absolute atomic E-state index is 0.474. The lowest BCUT2D eigenvalue weighted by atomic mass is 10.0.